The highest BCUT2D eigenvalue weighted by atomic mass is 16.1. The van der Waals surface area contributed by atoms with Crippen LogP contribution in [-0.4, -0.2) is 9.97 Å². The van der Waals surface area contributed by atoms with Crippen molar-refractivity contribution in [2.75, 3.05) is 5.32 Å². The average Bonchev–Trinajstić information content (AvgIpc) is 2.27. The first-order chi connectivity index (χ1) is 8.13. The Hall–Kier alpha value is -2.10. The van der Waals surface area contributed by atoms with Crippen molar-refractivity contribution in [3.05, 3.63) is 57.5 Å². The normalized spacial score (nSPS) is 10.2. The van der Waals surface area contributed by atoms with Crippen LogP contribution in [0.25, 0.3) is 0 Å². The Morgan fingerprint density at radius 3 is 2.59 bits per heavy atom. The van der Waals surface area contributed by atoms with E-state index >= 15 is 0 Å². The quantitative estimate of drug-likeness (QED) is 0.846. The van der Waals surface area contributed by atoms with E-state index in [1.165, 1.54) is 11.6 Å². The van der Waals surface area contributed by atoms with E-state index in [0.29, 0.717) is 18.2 Å². The van der Waals surface area contributed by atoms with Gasteiger partial charge in [0.25, 0.3) is 5.56 Å². The molecule has 1 aromatic heterocycles. The number of hydrogen-bond donors (Lipinski definition) is 2. The van der Waals surface area contributed by atoms with E-state index in [1.54, 1.807) is 6.92 Å². The van der Waals surface area contributed by atoms with Gasteiger partial charge < -0.3 is 5.32 Å². The number of H-pyrrole nitrogens is 1. The maximum atomic E-state index is 11.2. The molecule has 0 radical (unpaired) electrons. The van der Waals surface area contributed by atoms with Crippen molar-refractivity contribution in [1.82, 2.24) is 9.97 Å². The topological polar surface area (TPSA) is 57.8 Å². The number of benzene rings is 1. The fraction of sp³-hybridized carbons (Fsp3) is 0.231. The fourth-order valence-electron chi connectivity index (χ4n) is 1.55. The second-order valence-corrected chi connectivity index (χ2v) is 4.07. The van der Waals surface area contributed by atoms with E-state index in [-0.39, 0.29) is 5.56 Å². The van der Waals surface area contributed by atoms with Crippen LogP contribution in [0.2, 0.25) is 0 Å². The highest BCUT2D eigenvalue weighted by Crippen LogP contribution is 2.05. The van der Waals surface area contributed by atoms with Gasteiger partial charge in [-0.25, -0.2) is 4.98 Å². The number of aryl methyl sites for hydroxylation is 2. The van der Waals surface area contributed by atoms with Gasteiger partial charge in [-0.3, -0.25) is 9.78 Å². The lowest BCUT2D eigenvalue weighted by Crippen LogP contribution is -2.12. The molecule has 0 unspecified atom stereocenters. The molecule has 0 saturated heterocycles. The largest absolute Gasteiger partial charge is 0.352 e. The SMILES string of the molecule is Cc1ccc(CNc2nc(C)cc(=O)[nH]2)cc1. The number of anilines is 1. The van der Waals surface area contributed by atoms with Crippen LogP contribution in [0, 0.1) is 13.8 Å². The van der Waals surface area contributed by atoms with Crippen LogP contribution in [0.3, 0.4) is 0 Å². The summed E-state index contributed by atoms with van der Waals surface area (Å²) < 4.78 is 0. The molecule has 0 aliphatic rings. The lowest BCUT2D eigenvalue weighted by atomic mass is 10.1. The Bertz CT molecular complexity index is 558. The molecular formula is C13H15N3O. The summed E-state index contributed by atoms with van der Waals surface area (Å²) in [6.45, 7) is 4.50. The number of hydrogen-bond acceptors (Lipinski definition) is 3. The second-order valence-electron chi connectivity index (χ2n) is 4.07. The molecule has 0 spiro atoms. The monoisotopic (exact) mass is 229 g/mol. The molecule has 17 heavy (non-hydrogen) atoms. The number of nitrogens with zero attached hydrogens (tertiary/aromatic N) is 1. The van der Waals surface area contributed by atoms with Crippen molar-refractivity contribution in [2.24, 2.45) is 0 Å². The van der Waals surface area contributed by atoms with Gasteiger partial charge in [-0.1, -0.05) is 29.8 Å². The number of aromatic nitrogens is 2. The van der Waals surface area contributed by atoms with Gasteiger partial charge in [-0.2, -0.15) is 0 Å². The summed E-state index contributed by atoms with van der Waals surface area (Å²) in [6, 6.07) is 9.69. The summed E-state index contributed by atoms with van der Waals surface area (Å²) in [5, 5.41) is 3.10. The average molecular weight is 229 g/mol. The molecule has 1 aromatic carbocycles. The molecule has 0 amide bonds. The van der Waals surface area contributed by atoms with Gasteiger partial charge in [0.2, 0.25) is 5.95 Å². The van der Waals surface area contributed by atoms with Crippen molar-refractivity contribution < 1.29 is 0 Å². The molecule has 4 nitrogen and oxygen atoms in total. The Balaban J connectivity index is 2.07. The van der Waals surface area contributed by atoms with Gasteiger partial charge in [-0.05, 0) is 19.4 Å². The molecule has 0 atom stereocenters. The molecule has 2 N–H and O–H groups in total. The van der Waals surface area contributed by atoms with Crippen LogP contribution >= 0.6 is 0 Å². The van der Waals surface area contributed by atoms with Crippen LogP contribution in [0.5, 0.6) is 0 Å². The Morgan fingerprint density at radius 2 is 1.94 bits per heavy atom. The zero-order valence-electron chi connectivity index (χ0n) is 9.95. The van der Waals surface area contributed by atoms with E-state index in [9.17, 15) is 4.79 Å². The molecule has 0 bridgehead atoms. The molecule has 2 aromatic rings. The van der Waals surface area contributed by atoms with E-state index in [0.717, 1.165) is 5.56 Å². The standard InChI is InChI=1S/C13H15N3O/c1-9-3-5-11(6-4-9)8-14-13-15-10(2)7-12(17)16-13/h3-7H,8H2,1-2H3,(H2,14,15,16,17). The highest BCUT2D eigenvalue weighted by molar-refractivity contribution is 5.29. The maximum absolute atomic E-state index is 11.2. The van der Waals surface area contributed by atoms with Crippen molar-refractivity contribution in [2.45, 2.75) is 20.4 Å². The summed E-state index contributed by atoms with van der Waals surface area (Å²) in [6.07, 6.45) is 0. The van der Waals surface area contributed by atoms with Crippen molar-refractivity contribution >= 4 is 5.95 Å². The van der Waals surface area contributed by atoms with E-state index in [4.69, 9.17) is 0 Å². The minimum atomic E-state index is -0.135. The lowest BCUT2D eigenvalue weighted by Gasteiger charge is -2.06. The zero-order chi connectivity index (χ0) is 12.3. The van der Waals surface area contributed by atoms with Gasteiger partial charge in [0.15, 0.2) is 0 Å². The highest BCUT2D eigenvalue weighted by Gasteiger charge is 1.98. The maximum Gasteiger partial charge on any atom is 0.252 e. The van der Waals surface area contributed by atoms with Crippen LogP contribution < -0.4 is 10.9 Å². The molecule has 0 aliphatic carbocycles. The molecule has 0 fully saturated rings. The fourth-order valence-corrected chi connectivity index (χ4v) is 1.55. The van der Waals surface area contributed by atoms with Crippen LogP contribution in [0.15, 0.2) is 35.1 Å². The van der Waals surface area contributed by atoms with Gasteiger partial charge in [0, 0.05) is 18.3 Å². The minimum absolute atomic E-state index is 0.135. The smallest absolute Gasteiger partial charge is 0.252 e. The van der Waals surface area contributed by atoms with E-state index < -0.39 is 0 Å². The Morgan fingerprint density at radius 1 is 1.24 bits per heavy atom. The van der Waals surface area contributed by atoms with Gasteiger partial charge in [0.1, 0.15) is 0 Å². The van der Waals surface area contributed by atoms with E-state index in [2.05, 4.69) is 46.5 Å². The molecular weight excluding hydrogens is 214 g/mol. The van der Waals surface area contributed by atoms with Gasteiger partial charge >= 0.3 is 0 Å². The Kier molecular flexibility index (Phi) is 3.23. The predicted octanol–water partition coefficient (Wildman–Crippen LogP) is 2.00. The Labute approximate surface area is 99.7 Å². The van der Waals surface area contributed by atoms with E-state index in [1.807, 2.05) is 0 Å². The molecule has 2 rings (SSSR count). The van der Waals surface area contributed by atoms with Crippen LogP contribution in [0.4, 0.5) is 5.95 Å². The van der Waals surface area contributed by atoms with Crippen molar-refractivity contribution in [3.63, 3.8) is 0 Å². The molecule has 0 saturated carbocycles. The second kappa shape index (κ2) is 4.82. The van der Waals surface area contributed by atoms with Crippen LogP contribution in [-0.2, 0) is 6.54 Å². The number of aromatic amines is 1. The summed E-state index contributed by atoms with van der Waals surface area (Å²) in [5.41, 5.74) is 2.96. The first-order valence-electron chi connectivity index (χ1n) is 5.51. The molecule has 1 heterocycles. The third-order valence-corrected chi connectivity index (χ3v) is 2.45. The number of rotatable bonds is 3. The van der Waals surface area contributed by atoms with Crippen molar-refractivity contribution in [3.8, 4) is 0 Å². The lowest BCUT2D eigenvalue weighted by molar-refractivity contribution is 1.01. The number of nitrogens with one attached hydrogen (secondary N) is 2. The zero-order valence-corrected chi connectivity index (χ0v) is 9.95. The van der Waals surface area contributed by atoms with Gasteiger partial charge in [-0.15, -0.1) is 0 Å². The third-order valence-electron chi connectivity index (χ3n) is 2.45. The minimum Gasteiger partial charge on any atom is -0.352 e. The molecule has 4 heteroatoms. The summed E-state index contributed by atoms with van der Waals surface area (Å²) in [5.74, 6) is 0.510. The summed E-state index contributed by atoms with van der Waals surface area (Å²) >= 11 is 0. The predicted molar refractivity (Wildman–Crippen MR) is 68.1 cm³/mol. The van der Waals surface area contributed by atoms with Crippen LogP contribution in [0.1, 0.15) is 16.8 Å². The van der Waals surface area contributed by atoms with Crippen molar-refractivity contribution in [1.29, 1.82) is 0 Å². The summed E-state index contributed by atoms with van der Waals surface area (Å²) in [7, 11) is 0. The first kappa shape index (κ1) is 11.4. The third kappa shape index (κ3) is 3.17. The first-order valence-corrected chi connectivity index (χ1v) is 5.51. The molecule has 88 valence electrons. The molecule has 0 aliphatic heterocycles. The van der Waals surface area contributed by atoms with Gasteiger partial charge in [0.05, 0.1) is 0 Å². The summed E-state index contributed by atoms with van der Waals surface area (Å²) in [4.78, 5) is 18.1.